The molecule has 0 saturated carbocycles. The highest BCUT2D eigenvalue weighted by Gasteiger charge is 2.29. The van der Waals surface area contributed by atoms with Crippen molar-refractivity contribution >= 4 is 22.6 Å². The maximum Gasteiger partial charge on any atom is 0.123 e. The molecule has 0 heterocycles. The second-order valence-corrected chi connectivity index (χ2v) is 6.36. The molecule has 5 N–H and O–H groups in total. The quantitative estimate of drug-likeness (QED) is 0.278. The summed E-state index contributed by atoms with van der Waals surface area (Å²) in [6.07, 6.45) is -0.497. The Morgan fingerprint density at radius 2 is 1.94 bits per heavy atom. The van der Waals surface area contributed by atoms with Crippen LogP contribution in [0.15, 0.2) is 0 Å². The summed E-state index contributed by atoms with van der Waals surface area (Å²) in [5, 5.41) is 16.7. The molecule has 3 unspecified atom stereocenters. The van der Waals surface area contributed by atoms with Crippen molar-refractivity contribution in [1.82, 2.24) is 15.5 Å². The fourth-order valence-corrected chi connectivity index (χ4v) is 2.09. The molecule has 0 aromatic rings. The summed E-state index contributed by atoms with van der Waals surface area (Å²) in [4.78, 5) is 1.91. The summed E-state index contributed by atoms with van der Waals surface area (Å²) in [5.74, 6) is 0. The number of nitrogens with two attached hydrogens (primary N) is 1. The predicted molar refractivity (Wildman–Crippen MR) is 81.2 cm³/mol. The number of likely N-dealkylation sites (N-methyl/N-ethyl adjacent to an activating group) is 3. The molecule has 17 heavy (non-hydrogen) atoms. The van der Waals surface area contributed by atoms with Gasteiger partial charge in [0.25, 0.3) is 0 Å². The van der Waals surface area contributed by atoms with Crippen LogP contribution in [-0.2, 0) is 0 Å². The van der Waals surface area contributed by atoms with Gasteiger partial charge in [-0.2, -0.15) is 0 Å². The number of nitrogens with one attached hydrogen (secondary N) is 2. The monoisotopic (exact) mass is 358 g/mol. The summed E-state index contributed by atoms with van der Waals surface area (Å²) >= 11 is 2.24. The Kier molecular flexibility index (Phi) is 8.87. The molecular weight excluding hydrogens is 331 g/mol. The number of alkyl halides is 1. The second-order valence-electron chi connectivity index (χ2n) is 4.40. The molecule has 0 saturated heterocycles. The maximum atomic E-state index is 10.2. The van der Waals surface area contributed by atoms with E-state index in [2.05, 4.69) is 47.1 Å². The molecule has 0 rings (SSSR count). The van der Waals surface area contributed by atoms with Crippen molar-refractivity contribution in [2.45, 2.75) is 49.2 Å². The molecule has 0 fully saturated rings. The van der Waals surface area contributed by atoms with Gasteiger partial charge in [-0.3, -0.25) is 4.90 Å². The molecular formula is C11H27IN4O. The number of nitrogens with zero attached hydrogens (tertiary/aromatic N) is 1. The van der Waals surface area contributed by atoms with Crippen molar-refractivity contribution < 1.29 is 5.11 Å². The lowest BCUT2D eigenvalue weighted by atomic mass is 10.1. The highest BCUT2D eigenvalue weighted by molar-refractivity contribution is 14.1. The lowest BCUT2D eigenvalue weighted by molar-refractivity contribution is -0.0290. The van der Waals surface area contributed by atoms with Gasteiger partial charge in [-0.05, 0) is 27.6 Å². The zero-order valence-electron chi connectivity index (χ0n) is 11.4. The Balaban J connectivity index is 4.50. The fraction of sp³-hybridized carbons (Fsp3) is 1.00. The van der Waals surface area contributed by atoms with Crippen molar-refractivity contribution in [3.63, 3.8) is 0 Å². The van der Waals surface area contributed by atoms with Crippen LogP contribution in [0.5, 0.6) is 0 Å². The van der Waals surface area contributed by atoms with Gasteiger partial charge in [0, 0.05) is 9.97 Å². The summed E-state index contributed by atoms with van der Waals surface area (Å²) in [6.45, 7) is 7.02. The molecule has 0 aliphatic rings. The first-order valence-electron chi connectivity index (χ1n) is 6.07. The van der Waals surface area contributed by atoms with Gasteiger partial charge >= 0.3 is 0 Å². The van der Waals surface area contributed by atoms with Gasteiger partial charge in [0.2, 0.25) is 0 Å². The molecule has 0 aliphatic carbocycles. The first kappa shape index (κ1) is 17.5. The molecule has 0 bridgehead atoms. The van der Waals surface area contributed by atoms with Crippen molar-refractivity contribution in [2.75, 3.05) is 20.6 Å². The van der Waals surface area contributed by atoms with E-state index < -0.39 is 6.23 Å². The van der Waals surface area contributed by atoms with E-state index in [0.717, 1.165) is 6.54 Å². The van der Waals surface area contributed by atoms with Crippen LogP contribution in [-0.4, -0.2) is 59.0 Å². The Morgan fingerprint density at radius 3 is 2.29 bits per heavy atom. The fourth-order valence-electron chi connectivity index (χ4n) is 1.72. The van der Waals surface area contributed by atoms with E-state index in [1.807, 2.05) is 25.9 Å². The minimum Gasteiger partial charge on any atom is -0.377 e. The minimum atomic E-state index is -0.633. The molecule has 5 nitrogen and oxygen atoms in total. The van der Waals surface area contributed by atoms with Gasteiger partial charge in [0.05, 0.1) is 12.2 Å². The van der Waals surface area contributed by atoms with E-state index in [-0.39, 0.29) is 22.2 Å². The average molecular weight is 358 g/mol. The third-order valence-electron chi connectivity index (χ3n) is 3.15. The van der Waals surface area contributed by atoms with Gasteiger partial charge < -0.3 is 21.5 Å². The Hall–Kier alpha value is 0.530. The van der Waals surface area contributed by atoms with Crippen LogP contribution in [0.4, 0.5) is 0 Å². The first-order valence-corrected chi connectivity index (χ1v) is 7.31. The van der Waals surface area contributed by atoms with Gasteiger partial charge in [0.15, 0.2) is 0 Å². The summed E-state index contributed by atoms with van der Waals surface area (Å²) in [7, 11) is 3.81. The Bertz CT molecular complexity index is 206. The summed E-state index contributed by atoms with van der Waals surface area (Å²) in [5.41, 5.74) is 5.97. The van der Waals surface area contributed by atoms with E-state index in [1.54, 1.807) is 0 Å². The van der Waals surface area contributed by atoms with Crippen LogP contribution in [0.2, 0.25) is 0 Å². The maximum absolute atomic E-state index is 10.2. The Morgan fingerprint density at radius 1 is 1.41 bits per heavy atom. The second kappa shape index (κ2) is 8.60. The summed E-state index contributed by atoms with van der Waals surface area (Å²) < 4.78 is 0.226. The molecule has 0 radical (unpaired) electrons. The molecule has 6 heteroatoms. The van der Waals surface area contributed by atoms with Crippen LogP contribution in [0.25, 0.3) is 0 Å². The minimum absolute atomic E-state index is 0.136. The van der Waals surface area contributed by atoms with Gasteiger partial charge in [-0.1, -0.05) is 36.4 Å². The molecule has 0 aromatic carbocycles. The van der Waals surface area contributed by atoms with Crippen LogP contribution in [0.3, 0.4) is 0 Å². The third kappa shape index (κ3) is 5.35. The van der Waals surface area contributed by atoms with E-state index in [0.29, 0.717) is 0 Å². The van der Waals surface area contributed by atoms with Crippen LogP contribution < -0.4 is 16.4 Å². The van der Waals surface area contributed by atoms with Gasteiger partial charge in [-0.25, -0.2) is 0 Å². The molecule has 0 aliphatic heterocycles. The van der Waals surface area contributed by atoms with Crippen molar-refractivity contribution in [3.8, 4) is 0 Å². The number of hydrogen-bond donors (Lipinski definition) is 4. The van der Waals surface area contributed by atoms with E-state index in [9.17, 15) is 5.11 Å². The highest BCUT2D eigenvalue weighted by Crippen LogP contribution is 2.12. The van der Waals surface area contributed by atoms with Crippen LogP contribution >= 0.6 is 22.6 Å². The SMILES string of the molecule is CCNC(NC)[C@H](C)N(C)[C@H](O)C(N)C(C)I. The highest BCUT2D eigenvalue weighted by atomic mass is 127. The van der Waals surface area contributed by atoms with Gasteiger partial charge in [0.1, 0.15) is 6.23 Å². The molecule has 0 spiro atoms. The van der Waals surface area contributed by atoms with E-state index >= 15 is 0 Å². The number of rotatable bonds is 8. The van der Waals surface area contributed by atoms with E-state index in [4.69, 9.17) is 5.73 Å². The third-order valence-corrected chi connectivity index (χ3v) is 3.98. The van der Waals surface area contributed by atoms with E-state index in [1.165, 1.54) is 0 Å². The largest absolute Gasteiger partial charge is 0.377 e. The van der Waals surface area contributed by atoms with Gasteiger partial charge in [-0.15, -0.1) is 0 Å². The molecule has 5 atom stereocenters. The number of hydrogen-bond acceptors (Lipinski definition) is 5. The number of aliphatic hydroxyl groups excluding tert-OH is 1. The first-order chi connectivity index (χ1) is 7.86. The predicted octanol–water partition coefficient (Wildman–Crippen LogP) is -0.0691. The molecule has 104 valence electrons. The lowest BCUT2D eigenvalue weighted by Gasteiger charge is -2.38. The standard InChI is InChI=1S/C11H27IN4O/c1-6-15-10(14-4)8(3)16(5)11(17)9(13)7(2)12/h7-11,14-15,17H,6,13H2,1-5H3/t7?,8-,9?,10?,11+/m0/s1. The molecule has 0 amide bonds. The van der Waals surface area contributed by atoms with Crippen molar-refractivity contribution in [3.05, 3.63) is 0 Å². The normalized spacial score (nSPS) is 21.0. The van der Waals surface area contributed by atoms with Crippen LogP contribution in [0, 0.1) is 0 Å². The van der Waals surface area contributed by atoms with Crippen LogP contribution in [0.1, 0.15) is 20.8 Å². The summed E-state index contributed by atoms with van der Waals surface area (Å²) in [6, 6.07) is -0.0988. The zero-order valence-corrected chi connectivity index (χ0v) is 13.6. The average Bonchev–Trinajstić information content (AvgIpc) is 2.32. The zero-order chi connectivity index (χ0) is 13.6. The number of halogens is 1. The topological polar surface area (TPSA) is 73.5 Å². The number of aliphatic hydroxyl groups is 1. The molecule has 0 aromatic heterocycles. The Labute approximate surface area is 119 Å². The smallest absolute Gasteiger partial charge is 0.123 e. The lowest BCUT2D eigenvalue weighted by Crippen LogP contribution is -2.60. The van der Waals surface area contributed by atoms with Crippen molar-refractivity contribution in [1.29, 1.82) is 0 Å². The van der Waals surface area contributed by atoms with Crippen molar-refractivity contribution in [2.24, 2.45) is 5.73 Å².